The van der Waals surface area contributed by atoms with Gasteiger partial charge in [0.1, 0.15) is 0 Å². The third-order valence-corrected chi connectivity index (χ3v) is 1.93. The molecule has 0 atom stereocenters. The van der Waals surface area contributed by atoms with Crippen LogP contribution in [0, 0.1) is 6.92 Å². The predicted molar refractivity (Wildman–Crippen MR) is 51.9 cm³/mol. The molecule has 0 bridgehead atoms. The minimum absolute atomic E-state index is 0.457. The highest BCUT2D eigenvalue weighted by Crippen LogP contribution is 2.04. The summed E-state index contributed by atoms with van der Waals surface area (Å²) in [5.41, 5.74) is 7.71. The molecule has 0 aromatic heterocycles. The Balaban J connectivity index is 2.96. The van der Waals surface area contributed by atoms with Gasteiger partial charge in [0.25, 0.3) is 0 Å². The topological polar surface area (TPSA) is 26.0 Å². The highest BCUT2D eigenvalue weighted by Gasteiger charge is 1.96. The maximum atomic E-state index is 5.41. The molecule has 0 heterocycles. The fourth-order valence-corrected chi connectivity index (χ4v) is 1.06. The summed E-state index contributed by atoms with van der Waals surface area (Å²) in [4.78, 5) is 0.828. The Bertz CT molecular complexity index is 268. The number of rotatable bonds is 2. The van der Waals surface area contributed by atoms with Crippen LogP contribution in [-0.4, -0.2) is 11.4 Å². The fraction of sp³-hybridized carbons (Fsp3) is 0.222. The molecule has 0 saturated heterocycles. The average Bonchev–Trinajstić information content (AvgIpc) is 2.03. The lowest BCUT2D eigenvalue weighted by atomic mass is 10.1. The molecular formula is C9H11NS. The smallest absolute Gasteiger partial charge is 0.0360 e. The van der Waals surface area contributed by atoms with Gasteiger partial charge in [-0.25, -0.2) is 0 Å². The number of nitrogens with two attached hydrogens (primary N) is 1. The molecular weight excluding hydrogens is 154 g/mol. The molecule has 11 heavy (non-hydrogen) atoms. The summed E-state index contributed by atoms with van der Waals surface area (Å²) in [6.07, 6.45) is 0. The van der Waals surface area contributed by atoms with Crippen molar-refractivity contribution in [2.45, 2.75) is 6.92 Å². The summed E-state index contributed by atoms with van der Waals surface area (Å²) in [6, 6.07) is 8.08. The Kier molecular flexibility index (Phi) is 2.74. The van der Waals surface area contributed by atoms with Crippen LogP contribution in [-0.2, 0) is 0 Å². The van der Waals surface area contributed by atoms with Gasteiger partial charge >= 0.3 is 0 Å². The van der Waals surface area contributed by atoms with Crippen LogP contribution in [0.5, 0.6) is 0 Å². The van der Waals surface area contributed by atoms with Gasteiger partial charge in [0.05, 0.1) is 0 Å². The molecule has 1 aromatic carbocycles. The van der Waals surface area contributed by atoms with Crippen molar-refractivity contribution in [2.75, 3.05) is 6.54 Å². The van der Waals surface area contributed by atoms with Crippen LogP contribution in [0.4, 0.5) is 0 Å². The molecule has 0 fully saturated rings. The Morgan fingerprint density at radius 1 is 1.55 bits per heavy atom. The van der Waals surface area contributed by atoms with Gasteiger partial charge in [-0.3, -0.25) is 0 Å². The Morgan fingerprint density at radius 2 is 2.27 bits per heavy atom. The van der Waals surface area contributed by atoms with Crippen LogP contribution in [0.2, 0.25) is 0 Å². The molecule has 2 heteroatoms. The highest BCUT2D eigenvalue weighted by atomic mass is 32.1. The molecule has 0 aliphatic rings. The van der Waals surface area contributed by atoms with Crippen molar-refractivity contribution >= 4 is 17.1 Å². The van der Waals surface area contributed by atoms with E-state index in [0.717, 1.165) is 10.4 Å². The standard InChI is InChI=1S/C9H11NS/c1-7-3-2-4-8(5-7)9(11)6-10/h2-5H,6,10H2,1H3. The lowest BCUT2D eigenvalue weighted by molar-refractivity contribution is 1.32. The van der Waals surface area contributed by atoms with Gasteiger partial charge in [-0.1, -0.05) is 42.0 Å². The van der Waals surface area contributed by atoms with E-state index in [1.165, 1.54) is 5.56 Å². The van der Waals surface area contributed by atoms with Gasteiger partial charge in [0.2, 0.25) is 0 Å². The summed E-state index contributed by atoms with van der Waals surface area (Å²) in [5, 5.41) is 0. The third kappa shape index (κ3) is 2.10. The lowest BCUT2D eigenvalue weighted by Gasteiger charge is -2.00. The third-order valence-electron chi connectivity index (χ3n) is 1.53. The Labute approximate surface area is 72.2 Å². The minimum atomic E-state index is 0.457. The van der Waals surface area contributed by atoms with Crippen molar-refractivity contribution in [1.82, 2.24) is 0 Å². The molecule has 0 radical (unpaired) electrons. The van der Waals surface area contributed by atoms with Crippen molar-refractivity contribution in [3.63, 3.8) is 0 Å². The molecule has 1 aromatic rings. The van der Waals surface area contributed by atoms with Crippen LogP contribution < -0.4 is 5.73 Å². The first-order valence-electron chi connectivity index (χ1n) is 3.54. The second-order valence-corrected chi connectivity index (χ2v) is 2.99. The van der Waals surface area contributed by atoms with Gasteiger partial charge in [-0.2, -0.15) is 0 Å². The first-order chi connectivity index (χ1) is 5.24. The molecule has 58 valence electrons. The molecule has 1 rings (SSSR count). The van der Waals surface area contributed by atoms with Gasteiger partial charge in [-0.05, 0) is 12.5 Å². The maximum Gasteiger partial charge on any atom is 0.0360 e. The monoisotopic (exact) mass is 165 g/mol. The van der Waals surface area contributed by atoms with E-state index in [1.54, 1.807) is 0 Å². The van der Waals surface area contributed by atoms with E-state index in [2.05, 4.69) is 6.07 Å². The fourth-order valence-electron chi connectivity index (χ4n) is 0.936. The minimum Gasteiger partial charge on any atom is -0.326 e. The first kappa shape index (κ1) is 8.37. The van der Waals surface area contributed by atoms with Crippen molar-refractivity contribution in [3.8, 4) is 0 Å². The van der Waals surface area contributed by atoms with E-state index in [-0.39, 0.29) is 0 Å². The van der Waals surface area contributed by atoms with Crippen molar-refractivity contribution in [1.29, 1.82) is 0 Å². The van der Waals surface area contributed by atoms with E-state index in [1.807, 2.05) is 25.1 Å². The first-order valence-corrected chi connectivity index (χ1v) is 3.95. The maximum absolute atomic E-state index is 5.41. The van der Waals surface area contributed by atoms with E-state index < -0.39 is 0 Å². The van der Waals surface area contributed by atoms with E-state index in [9.17, 15) is 0 Å². The van der Waals surface area contributed by atoms with E-state index in [0.29, 0.717) is 6.54 Å². The highest BCUT2D eigenvalue weighted by molar-refractivity contribution is 7.80. The van der Waals surface area contributed by atoms with Gasteiger partial charge in [-0.15, -0.1) is 0 Å². The predicted octanol–water partition coefficient (Wildman–Crippen LogP) is 1.67. The molecule has 0 unspecified atom stereocenters. The van der Waals surface area contributed by atoms with Crippen LogP contribution in [0.25, 0.3) is 0 Å². The summed E-state index contributed by atoms with van der Waals surface area (Å²) >= 11 is 5.06. The lowest BCUT2D eigenvalue weighted by Crippen LogP contribution is -2.12. The molecule has 0 saturated carbocycles. The van der Waals surface area contributed by atoms with Gasteiger partial charge < -0.3 is 5.73 Å². The normalized spacial score (nSPS) is 9.64. The zero-order chi connectivity index (χ0) is 8.27. The van der Waals surface area contributed by atoms with Crippen molar-refractivity contribution in [3.05, 3.63) is 35.4 Å². The van der Waals surface area contributed by atoms with Crippen LogP contribution >= 0.6 is 12.2 Å². The summed E-state index contributed by atoms with van der Waals surface area (Å²) in [5.74, 6) is 0. The number of thiocarbonyl (C=S) groups is 1. The number of hydrogen-bond acceptors (Lipinski definition) is 2. The zero-order valence-corrected chi connectivity index (χ0v) is 7.32. The Hall–Kier alpha value is -0.730. The van der Waals surface area contributed by atoms with E-state index in [4.69, 9.17) is 18.0 Å². The number of aryl methyl sites for hydroxylation is 1. The Morgan fingerprint density at radius 3 is 2.82 bits per heavy atom. The second-order valence-electron chi connectivity index (χ2n) is 2.50. The summed E-state index contributed by atoms with van der Waals surface area (Å²) < 4.78 is 0. The largest absolute Gasteiger partial charge is 0.326 e. The molecule has 2 N–H and O–H groups in total. The molecule has 0 aliphatic heterocycles. The molecule has 0 aliphatic carbocycles. The summed E-state index contributed by atoms with van der Waals surface area (Å²) in [7, 11) is 0. The van der Waals surface area contributed by atoms with Gasteiger partial charge in [0, 0.05) is 11.4 Å². The quantitative estimate of drug-likeness (QED) is 0.533. The van der Waals surface area contributed by atoms with Crippen LogP contribution in [0.3, 0.4) is 0 Å². The average molecular weight is 165 g/mol. The number of hydrogen-bond donors (Lipinski definition) is 1. The van der Waals surface area contributed by atoms with Crippen molar-refractivity contribution in [2.24, 2.45) is 5.73 Å². The second kappa shape index (κ2) is 3.60. The molecule has 1 nitrogen and oxygen atoms in total. The van der Waals surface area contributed by atoms with Gasteiger partial charge in [0.15, 0.2) is 0 Å². The van der Waals surface area contributed by atoms with Crippen LogP contribution in [0.15, 0.2) is 24.3 Å². The van der Waals surface area contributed by atoms with E-state index >= 15 is 0 Å². The summed E-state index contributed by atoms with van der Waals surface area (Å²) in [6.45, 7) is 2.50. The van der Waals surface area contributed by atoms with Crippen LogP contribution in [0.1, 0.15) is 11.1 Å². The zero-order valence-electron chi connectivity index (χ0n) is 6.50. The number of benzene rings is 1. The molecule has 0 amide bonds. The molecule has 0 spiro atoms. The SMILES string of the molecule is Cc1cccc(C(=S)CN)c1. The van der Waals surface area contributed by atoms with Crippen molar-refractivity contribution < 1.29 is 0 Å².